The van der Waals surface area contributed by atoms with Crippen molar-refractivity contribution in [2.24, 2.45) is 0 Å². The molecule has 0 fully saturated rings. The third-order valence-electron chi connectivity index (χ3n) is 3.06. The van der Waals surface area contributed by atoms with E-state index in [0.29, 0.717) is 11.6 Å². The van der Waals surface area contributed by atoms with Crippen molar-refractivity contribution in [3.63, 3.8) is 0 Å². The Morgan fingerprint density at radius 1 is 1.18 bits per heavy atom. The number of hydrogen-bond donors (Lipinski definition) is 2. The number of nitrogens with zero attached hydrogens (tertiary/aromatic N) is 1. The Morgan fingerprint density at radius 2 is 1.95 bits per heavy atom. The highest BCUT2D eigenvalue weighted by Gasteiger charge is 2.03. The Morgan fingerprint density at radius 3 is 2.55 bits per heavy atom. The molecule has 0 spiro atoms. The van der Waals surface area contributed by atoms with E-state index in [4.69, 9.17) is 4.74 Å². The molecule has 6 heteroatoms. The van der Waals surface area contributed by atoms with Gasteiger partial charge in [0.15, 0.2) is 0 Å². The van der Waals surface area contributed by atoms with Gasteiger partial charge < -0.3 is 15.4 Å². The number of carbonyl (C=O) groups excluding carboxylic acids is 1. The summed E-state index contributed by atoms with van der Waals surface area (Å²) >= 11 is 0. The van der Waals surface area contributed by atoms with Gasteiger partial charge in [0.2, 0.25) is 11.8 Å². The van der Waals surface area contributed by atoms with E-state index in [1.54, 1.807) is 25.4 Å². The number of benzene rings is 1. The molecular weight excluding hydrogens is 302 g/mol. The first kappa shape index (κ1) is 17.9. The van der Waals surface area contributed by atoms with E-state index in [0.717, 1.165) is 5.75 Å². The van der Waals surface area contributed by atoms with Crippen LogP contribution >= 0.6 is 12.4 Å². The van der Waals surface area contributed by atoms with Crippen molar-refractivity contribution in [1.29, 1.82) is 0 Å². The number of carbonyl (C=O) groups is 1. The third-order valence-corrected chi connectivity index (χ3v) is 3.06. The fourth-order valence-electron chi connectivity index (χ4n) is 1.78. The molecule has 0 atom stereocenters. The van der Waals surface area contributed by atoms with Gasteiger partial charge in [0.05, 0.1) is 18.4 Å². The van der Waals surface area contributed by atoms with Gasteiger partial charge in [-0.1, -0.05) is 6.07 Å². The lowest BCUT2D eigenvalue weighted by Crippen LogP contribution is -2.25. The summed E-state index contributed by atoms with van der Waals surface area (Å²) in [7, 11) is 1.72. The maximum atomic E-state index is 11.4. The number of pyridine rings is 1. The fourth-order valence-corrected chi connectivity index (χ4v) is 1.78. The molecule has 1 aromatic heterocycles. The predicted molar refractivity (Wildman–Crippen MR) is 90.0 cm³/mol. The molecule has 0 unspecified atom stereocenters. The largest absolute Gasteiger partial charge is 0.439 e. The van der Waals surface area contributed by atoms with E-state index in [1.165, 1.54) is 11.1 Å². The molecule has 0 radical (unpaired) electrons. The molecule has 118 valence electrons. The zero-order valence-electron chi connectivity index (χ0n) is 12.8. The molecule has 2 N–H and O–H groups in total. The van der Waals surface area contributed by atoms with Gasteiger partial charge in [-0.15, -0.1) is 12.4 Å². The molecule has 0 bridgehead atoms. The molecule has 0 saturated heterocycles. The predicted octanol–water partition coefficient (Wildman–Crippen LogP) is 3.07. The fraction of sp³-hybridized carbons (Fsp3) is 0.250. The standard InChI is InChI=1S/C16H19N3O2.ClH/c1-11-4-6-14(8-12(11)2)21-16-7-5-13(9-18-16)19-15(20)10-17-3;/h4-9,17H,10H2,1-3H3,(H,19,20);1H. The van der Waals surface area contributed by atoms with E-state index in [-0.39, 0.29) is 24.9 Å². The van der Waals surface area contributed by atoms with Gasteiger partial charge in [-0.3, -0.25) is 4.79 Å². The van der Waals surface area contributed by atoms with Crippen molar-refractivity contribution in [1.82, 2.24) is 10.3 Å². The minimum absolute atomic E-state index is 0. The average molecular weight is 322 g/mol. The number of ether oxygens (including phenoxy) is 1. The van der Waals surface area contributed by atoms with E-state index < -0.39 is 0 Å². The minimum atomic E-state index is -0.109. The lowest BCUT2D eigenvalue weighted by atomic mass is 10.1. The molecule has 0 aliphatic heterocycles. The third kappa shape index (κ3) is 5.02. The summed E-state index contributed by atoms with van der Waals surface area (Å²) in [4.78, 5) is 15.6. The number of hydrogen-bond acceptors (Lipinski definition) is 4. The quantitative estimate of drug-likeness (QED) is 0.888. The first-order chi connectivity index (χ1) is 10.1. The van der Waals surface area contributed by atoms with E-state index in [2.05, 4.69) is 22.5 Å². The molecular formula is C16H20ClN3O2. The molecule has 2 aromatic rings. The van der Waals surface area contributed by atoms with Crippen LogP contribution in [0, 0.1) is 13.8 Å². The van der Waals surface area contributed by atoms with Crippen LogP contribution in [0.3, 0.4) is 0 Å². The molecule has 1 aromatic carbocycles. The molecule has 2 rings (SSSR count). The Labute approximate surface area is 136 Å². The maximum absolute atomic E-state index is 11.4. The Bertz CT molecular complexity index is 630. The van der Waals surface area contributed by atoms with Crippen LogP contribution in [0.25, 0.3) is 0 Å². The highest BCUT2D eigenvalue weighted by molar-refractivity contribution is 5.92. The topological polar surface area (TPSA) is 63.2 Å². The first-order valence-corrected chi connectivity index (χ1v) is 6.74. The first-order valence-electron chi connectivity index (χ1n) is 6.74. The number of rotatable bonds is 5. The van der Waals surface area contributed by atoms with Crippen LogP contribution in [-0.4, -0.2) is 24.5 Å². The SMILES string of the molecule is CNCC(=O)Nc1ccc(Oc2ccc(C)c(C)c2)nc1.Cl. The lowest BCUT2D eigenvalue weighted by molar-refractivity contribution is -0.115. The summed E-state index contributed by atoms with van der Waals surface area (Å²) in [5.41, 5.74) is 3.03. The van der Waals surface area contributed by atoms with Crippen molar-refractivity contribution in [3.05, 3.63) is 47.7 Å². The second-order valence-corrected chi connectivity index (χ2v) is 4.81. The molecule has 0 aliphatic carbocycles. The number of amides is 1. The molecule has 1 heterocycles. The van der Waals surface area contributed by atoms with E-state index in [1.807, 2.05) is 25.1 Å². The second-order valence-electron chi connectivity index (χ2n) is 4.81. The molecule has 0 saturated carbocycles. The van der Waals surface area contributed by atoms with Gasteiger partial charge >= 0.3 is 0 Å². The lowest BCUT2D eigenvalue weighted by Gasteiger charge is -2.08. The summed E-state index contributed by atoms with van der Waals surface area (Å²) in [5.74, 6) is 1.13. The van der Waals surface area contributed by atoms with Gasteiger partial charge in [-0.05, 0) is 50.2 Å². The van der Waals surface area contributed by atoms with Crippen molar-refractivity contribution in [2.75, 3.05) is 18.9 Å². The molecule has 5 nitrogen and oxygen atoms in total. The van der Waals surface area contributed by atoms with E-state index in [9.17, 15) is 4.79 Å². The summed E-state index contributed by atoms with van der Waals surface area (Å²) in [6.45, 7) is 4.36. The van der Waals surface area contributed by atoms with Gasteiger partial charge in [0.1, 0.15) is 5.75 Å². The molecule has 22 heavy (non-hydrogen) atoms. The number of anilines is 1. The Hall–Kier alpha value is -2.11. The van der Waals surface area contributed by atoms with Crippen molar-refractivity contribution in [2.45, 2.75) is 13.8 Å². The Balaban J connectivity index is 0.00000242. The zero-order valence-corrected chi connectivity index (χ0v) is 13.7. The number of aromatic nitrogens is 1. The smallest absolute Gasteiger partial charge is 0.238 e. The zero-order chi connectivity index (χ0) is 15.2. The normalized spacial score (nSPS) is 9.77. The van der Waals surface area contributed by atoms with Crippen LogP contribution in [0.15, 0.2) is 36.5 Å². The van der Waals surface area contributed by atoms with Crippen LogP contribution in [0.1, 0.15) is 11.1 Å². The average Bonchev–Trinajstić information content (AvgIpc) is 2.45. The summed E-state index contributed by atoms with van der Waals surface area (Å²) in [6.07, 6.45) is 1.57. The maximum Gasteiger partial charge on any atom is 0.238 e. The minimum Gasteiger partial charge on any atom is -0.439 e. The number of aryl methyl sites for hydroxylation is 2. The van der Waals surface area contributed by atoms with Gasteiger partial charge in [0.25, 0.3) is 0 Å². The second kappa shape index (κ2) is 8.36. The molecule has 1 amide bonds. The number of nitrogens with one attached hydrogen (secondary N) is 2. The summed E-state index contributed by atoms with van der Waals surface area (Å²) in [5, 5.41) is 5.52. The number of halogens is 1. The monoisotopic (exact) mass is 321 g/mol. The Kier molecular flexibility index (Phi) is 6.82. The van der Waals surface area contributed by atoms with Crippen LogP contribution in [0.4, 0.5) is 5.69 Å². The van der Waals surface area contributed by atoms with Gasteiger partial charge in [-0.25, -0.2) is 4.98 Å². The van der Waals surface area contributed by atoms with Crippen LogP contribution in [-0.2, 0) is 4.79 Å². The highest BCUT2D eigenvalue weighted by atomic mass is 35.5. The van der Waals surface area contributed by atoms with Crippen molar-refractivity contribution >= 4 is 24.0 Å². The highest BCUT2D eigenvalue weighted by Crippen LogP contribution is 2.22. The van der Waals surface area contributed by atoms with Gasteiger partial charge in [-0.2, -0.15) is 0 Å². The number of likely N-dealkylation sites (N-methyl/N-ethyl adjacent to an activating group) is 1. The van der Waals surface area contributed by atoms with Crippen LogP contribution in [0.5, 0.6) is 11.6 Å². The van der Waals surface area contributed by atoms with Crippen molar-refractivity contribution < 1.29 is 9.53 Å². The summed E-state index contributed by atoms with van der Waals surface area (Å²) in [6, 6.07) is 9.38. The van der Waals surface area contributed by atoms with Crippen LogP contribution in [0.2, 0.25) is 0 Å². The van der Waals surface area contributed by atoms with Crippen molar-refractivity contribution in [3.8, 4) is 11.6 Å². The van der Waals surface area contributed by atoms with E-state index >= 15 is 0 Å². The van der Waals surface area contributed by atoms with Crippen LogP contribution < -0.4 is 15.4 Å². The van der Waals surface area contributed by atoms with Gasteiger partial charge in [0, 0.05) is 6.07 Å². The molecule has 0 aliphatic rings. The summed E-state index contributed by atoms with van der Waals surface area (Å²) < 4.78 is 5.69.